The quantitative estimate of drug-likeness (QED) is 0.687. The number of nitrogens with one attached hydrogen (secondary N) is 1. The molecule has 2 aromatic carbocycles. The Labute approximate surface area is 163 Å². The molecule has 0 saturated heterocycles. The molecule has 0 radical (unpaired) electrons. The van der Waals surface area contributed by atoms with Crippen LogP contribution in [-0.4, -0.2) is 29.3 Å². The average Bonchev–Trinajstić information content (AvgIpc) is 2.71. The van der Waals surface area contributed by atoms with Crippen LogP contribution in [0.15, 0.2) is 65.5 Å². The fourth-order valence-corrected chi connectivity index (χ4v) is 2.78. The third kappa shape index (κ3) is 5.07. The highest BCUT2D eigenvalue weighted by Gasteiger charge is 2.06. The molecule has 6 heteroatoms. The number of ether oxygens (including phenoxy) is 1. The first kappa shape index (κ1) is 19.4. The van der Waals surface area contributed by atoms with Gasteiger partial charge in [0.25, 0.3) is 5.56 Å². The number of aromatic nitrogens is 2. The van der Waals surface area contributed by atoms with Crippen molar-refractivity contribution in [1.29, 1.82) is 0 Å². The lowest BCUT2D eigenvalue weighted by atomic mass is 10.1. The van der Waals surface area contributed by atoms with E-state index in [1.807, 2.05) is 55.5 Å². The maximum atomic E-state index is 12.1. The molecule has 0 unspecified atom stereocenters. The smallest absolute Gasteiger partial charge is 0.266 e. The Kier molecular flexibility index (Phi) is 6.22. The van der Waals surface area contributed by atoms with E-state index in [4.69, 9.17) is 4.74 Å². The van der Waals surface area contributed by atoms with Gasteiger partial charge in [-0.25, -0.2) is 4.68 Å². The van der Waals surface area contributed by atoms with Crippen molar-refractivity contribution in [2.24, 2.45) is 0 Å². The lowest BCUT2D eigenvalue weighted by molar-refractivity contribution is -0.120. The number of nitrogens with zero attached hydrogens (tertiary/aromatic N) is 2. The molecule has 0 aliphatic carbocycles. The van der Waals surface area contributed by atoms with Crippen molar-refractivity contribution in [3.63, 3.8) is 0 Å². The Bertz CT molecular complexity index is 993. The molecule has 1 aromatic heterocycles. The van der Waals surface area contributed by atoms with Crippen molar-refractivity contribution >= 4 is 5.91 Å². The standard InChI is InChI=1S/C22H23N3O3/c1-16-3-5-17(6-4-16)15-21(26)23-13-14-25-22(27)12-11-20(24-25)18-7-9-19(28-2)10-8-18/h3-12H,13-15H2,1-2H3,(H,23,26). The van der Waals surface area contributed by atoms with Crippen LogP contribution in [0.25, 0.3) is 11.3 Å². The van der Waals surface area contributed by atoms with E-state index in [0.29, 0.717) is 25.2 Å². The topological polar surface area (TPSA) is 73.2 Å². The number of carbonyl (C=O) groups is 1. The number of methoxy groups -OCH3 is 1. The van der Waals surface area contributed by atoms with Gasteiger partial charge in [0.05, 0.1) is 25.8 Å². The van der Waals surface area contributed by atoms with Crippen molar-refractivity contribution in [3.8, 4) is 17.0 Å². The van der Waals surface area contributed by atoms with E-state index in [1.165, 1.54) is 10.7 Å². The lowest BCUT2D eigenvalue weighted by Crippen LogP contribution is -2.32. The van der Waals surface area contributed by atoms with Gasteiger partial charge in [0, 0.05) is 18.2 Å². The van der Waals surface area contributed by atoms with Gasteiger partial charge in [-0.15, -0.1) is 0 Å². The summed E-state index contributed by atoms with van der Waals surface area (Å²) in [5, 5.41) is 7.24. The van der Waals surface area contributed by atoms with Gasteiger partial charge in [0.2, 0.25) is 5.91 Å². The van der Waals surface area contributed by atoms with E-state index in [-0.39, 0.29) is 11.5 Å². The normalized spacial score (nSPS) is 10.5. The molecule has 28 heavy (non-hydrogen) atoms. The largest absolute Gasteiger partial charge is 0.497 e. The van der Waals surface area contributed by atoms with Crippen molar-refractivity contribution in [2.75, 3.05) is 13.7 Å². The van der Waals surface area contributed by atoms with Crippen LogP contribution >= 0.6 is 0 Å². The molecule has 0 spiro atoms. The maximum absolute atomic E-state index is 12.1. The highest BCUT2D eigenvalue weighted by molar-refractivity contribution is 5.78. The number of benzene rings is 2. The molecular weight excluding hydrogens is 354 g/mol. The van der Waals surface area contributed by atoms with Gasteiger partial charge in [-0.1, -0.05) is 29.8 Å². The molecule has 3 rings (SSSR count). The molecule has 0 aliphatic rings. The highest BCUT2D eigenvalue weighted by atomic mass is 16.5. The molecule has 1 amide bonds. The first-order chi connectivity index (χ1) is 13.5. The van der Waals surface area contributed by atoms with Crippen LogP contribution in [0.3, 0.4) is 0 Å². The predicted octanol–water partition coefficient (Wildman–Crippen LogP) is 2.59. The van der Waals surface area contributed by atoms with Crippen LogP contribution in [0.4, 0.5) is 0 Å². The van der Waals surface area contributed by atoms with Crippen LogP contribution in [0, 0.1) is 6.92 Å². The van der Waals surface area contributed by atoms with Gasteiger partial charge < -0.3 is 10.1 Å². The zero-order valence-electron chi connectivity index (χ0n) is 16.0. The van der Waals surface area contributed by atoms with E-state index in [2.05, 4.69) is 10.4 Å². The summed E-state index contributed by atoms with van der Waals surface area (Å²) < 4.78 is 6.52. The molecule has 0 bridgehead atoms. The second-order valence-electron chi connectivity index (χ2n) is 6.52. The monoisotopic (exact) mass is 377 g/mol. The summed E-state index contributed by atoms with van der Waals surface area (Å²) in [6.45, 7) is 2.65. The first-order valence-corrected chi connectivity index (χ1v) is 9.10. The fourth-order valence-electron chi connectivity index (χ4n) is 2.78. The van der Waals surface area contributed by atoms with Gasteiger partial charge >= 0.3 is 0 Å². The molecule has 3 aromatic rings. The van der Waals surface area contributed by atoms with Crippen LogP contribution in [0.1, 0.15) is 11.1 Å². The Balaban J connectivity index is 1.59. The zero-order valence-corrected chi connectivity index (χ0v) is 16.0. The summed E-state index contributed by atoms with van der Waals surface area (Å²) in [5.74, 6) is 0.677. The van der Waals surface area contributed by atoms with Crippen molar-refractivity contribution in [3.05, 3.63) is 82.1 Å². The number of hydrogen-bond donors (Lipinski definition) is 1. The van der Waals surface area contributed by atoms with Gasteiger partial charge in [0.1, 0.15) is 5.75 Å². The van der Waals surface area contributed by atoms with E-state index in [1.54, 1.807) is 13.2 Å². The molecular formula is C22H23N3O3. The van der Waals surface area contributed by atoms with Gasteiger partial charge in [-0.2, -0.15) is 5.10 Å². The third-order valence-electron chi connectivity index (χ3n) is 4.38. The van der Waals surface area contributed by atoms with Crippen molar-refractivity contribution in [2.45, 2.75) is 19.9 Å². The number of aryl methyl sites for hydroxylation is 1. The Hall–Kier alpha value is -3.41. The van der Waals surface area contributed by atoms with E-state index in [0.717, 1.165) is 22.4 Å². The van der Waals surface area contributed by atoms with Crippen LogP contribution in [0.2, 0.25) is 0 Å². The molecule has 0 atom stereocenters. The van der Waals surface area contributed by atoms with Crippen LogP contribution < -0.4 is 15.6 Å². The van der Waals surface area contributed by atoms with Gasteiger partial charge in [-0.05, 0) is 42.8 Å². The fraction of sp³-hybridized carbons (Fsp3) is 0.227. The SMILES string of the molecule is COc1ccc(-c2ccc(=O)n(CCNC(=O)Cc3ccc(C)cc3)n2)cc1. The summed E-state index contributed by atoms with van der Waals surface area (Å²) >= 11 is 0. The summed E-state index contributed by atoms with van der Waals surface area (Å²) in [7, 11) is 1.61. The summed E-state index contributed by atoms with van der Waals surface area (Å²) in [5.41, 5.74) is 3.49. The number of amides is 1. The van der Waals surface area contributed by atoms with Crippen molar-refractivity contribution in [1.82, 2.24) is 15.1 Å². The second kappa shape index (κ2) is 8.99. The Morgan fingerprint density at radius 1 is 1.04 bits per heavy atom. The number of rotatable bonds is 7. The predicted molar refractivity (Wildman–Crippen MR) is 108 cm³/mol. The van der Waals surface area contributed by atoms with Crippen LogP contribution in [-0.2, 0) is 17.8 Å². The van der Waals surface area contributed by atoms with Gasteiger partial charge in [-0.3, -0.25) is 9.59 Å². The molecule has 0 aliphatic heterocycles. The van der Waals surface area contributed by atoms with E-state index >= 15 is 0 Å². The number of hydrogen-bond acceptors (Lipinski definition) is 4. The molecule has 0 saturated carbocycles. The van der Waals surface area contributed by atoms with E-state index in [9.17, 15) is 9.59 Å². The molecule has 1 heterocycles. The van der Waals surface area contributed by atoms with Crippen LogP contribution in [0.5, 0.6) is 5.75 Å². The Morgan fingerprint density at radius 2 is 1.75 bits per heavy atom. The maximum Gasteiger partial charge on any atom is 0.266 e. The number of carbonyl (C=O) groups excluding carboxylic acids is 1. The minimum absolute atomic E-state index is 0.0804. The third-order valence-corrected chi connectivity index (χ3v) is 4.38. The second-order valence-corrected chi connectivity index (χ2v) is 6.52. The minimum atomic E-state index is -0.204. The molecule has 1 N–H and O–H groups in total. The van der Waals surface area contributed by atoms with E-state index < -0.39 is 0 Å². The molecule has 6 nitrogen and oxygen atoms in total. The zero-order chi connectivity index (χ0) is 19.9. The minimum Gasteiger partial charge on any atom is -0.497 e. The molecule has 144 valence electrons. The Morgan fingerprint density at radius 3 is 2.43 bits per heavy atom. The highest BCUT2D eigenvalue weighted by Crippen LogP contribution is 2.19. The lowest BCUT2D eigenvalue weighted by Gasteiger charge is -2.09. The van der Waals surface area contributed by atoms with Gasteiger partial charge in [0.15, 0.2) is 0 Å². The van der Waals surface area contributed by atoms with Crippen molar-refractivity contribution < 1.29 is 9.53 Å². The average molecular weight is 377 g/mol. The summed E-state index contributed by atoms with van der Waals surface area (Å²) in [4.78, 5) is 24.2. The first-order valence-electron chi connectivity index (χ1n) is 9.10. The summed E-state index contributed by atoms with van der Waals surface area (Å²) in [6, 6.07) is 18.5. The molecule has 0 fully saturated rings. The summed E-state index contributed by atoms with van der Waals surface area (Å²) in [6.07, 6.45) is 0.314.